The van der Waals surface area contributed by atoms with Crippen molar-refractivity contribution in [2.24, 2.45) is 0 Å². The van der Waals surface area contributed by atoms with Crippen LogP contribution in [0.25, 0.3) is 0 Å². The molecule has 0 aromatic heterocycles. The molecule has 1 amide bonds. The third-order valence-corrected chi connectivity index (χ3v) is 3.55. The van der Waals surface area contributed by atoms with Gasteiger partial charge in [-0.15, -0.1) is 0 Å². The van der Waals surface area contributed by atoms with Gasteiger partial charge in [0.1, 0.15) is 0 Å². The summed E-state index contributed by atoms with van der Waals surface area (Å²) in [5.41, 5.74) is 1.66. The number of carbonyl (C=O) groups is 1. The highest BCUT2D eigenvalue weighted by Gasteiger charge is 2.11. The van der Waals surface area contributed by atoms with Crippen LogP contribution in [-0.2, 0) is 0 Å². The van der Waals surface area contributed by atoms with Crippen LogP contribution in [-0.4, -0.2) is 5.91 Å². The van der Waals surface area contributed by atoms with Crippen molar-refractivity contribution in [2.45, 2.75) is 13.0 Å². The fourth-order valence-corrected chi connectivity index (χ4v) is 2.27. The van der Waals surface area contributed by atoms with Gasteiger partial charge >= 0.3 is 0 Å². The number of halogens is 2. The van der Waals surface area contributed by atoms with E-state index in [1.54, 1.807) is 12.1 Å². The fourth-order valence-electron chi connectivity index (χ4n) is 1.74. The van der Waals surface area contributed by atoms with Crippen molar-refractivity contribution in [3.05, 3.63) is 69.2 Å². The summed E-state index contributed by atoms with van der Waals surface area (Å²) in [6.45, 7) is 1.94. The molecule has 19 heavy (non-hydrogen) atoms. The lowest BCUT2D eigenvalue weighted by atomic mass is 10.1. The molecule has 0 heterocycles. The molecule has 2 aromatic rings. The molecule has 0 aliphatic rings. The van der Waals surface area contributed by atoms with Gasteiger partial charge in [0.15, 0.2) is 0 Å². The van der Waals surface area contributed by atoms with E-state index in [4.69, 9.17) is 11.6 Å². The quantitative estimate of drug-likeness (QED) is 0.871. The van der Waals surface area contributed by atoms with Gasteiger partial charge in [-0.25, -0.2) is 0 Å². The molecule has 0 bridgehead atoms. The van der Waals surface area contributed by atoms with E-state index in [2.05, 4.69) is 21.2 Å². The fraction of sp³-hybridized carbons (Fsp3) is 0.133. The summed E-state index contributed by atoms with van der Waals surface area (Å²) >= 11 is 9.20. The van der Waals surface area contributed by atoms with Crippen LogP contribution in [0.5, 0.6) is 0 Å². The normalized spacial score (nSPS) is 11.9. The second kappa shape index (κ2) is 6.22. The van der Waals surface area contributed by atoms with E-state index >= 15 is 0 Å². The lowest BCUT2D eigenvalue weighted by Crippen LogP contribution is -2.26. The monoisotopic (exact) mass is 337 g/mol. The van der Waals surface area contributed by atoms with Crippen LogP contribution in [0.3, 0.4) is 0 Å². The van der Waals surface area contributed by atoms with E-state index in [1.165, 1.54) is 0 Å². The first-order valence-electron chi connectivity index (χ1n) is 5.88. The minimum atomic E-state index is -0.0937. The molecule has 0 unspecified atom stereocenters. The van der Waals surface area contributed by atoms with E-state index in [-0.39, 0.29) is 11.9 Å². The zero-order valence-electron chi connectivity index (χ0n) is 10.4. The molecule has 0 fully saturated rings. The second-order valence-electron chi connectivity index (χ2n) is 4.26. The minimum absolute atomic E-state index is 0.0660. The zero-order chi connectivity index (χ0) is 13.8. The van der Waals surface area contributed by atoms with Gasteiger partial charge in [0.25, 0.3) is 5.91 Å². The van der Waals surface area contributed by atoms with Gasteiger partial charge in [0, 0.05) is 15.1 Å². The van der Waals surface area contributed by atoms with Crippen LogP contribution in [0.4, 0.5) is 0 Å². The van der Waals surface area contributed by atoms with Crippen molar-refractivity contribution in [3.63, 3.8) is 0 Å². The number of rotatable bonds is 3. The molecular weight excluding hydrogens is 326 g/mol. The molecule has 98 valence electrons. The number of amides is 1. The van der Waals surface area contributed by atoms with Gasteiger partial charge in [-0.3, -0.25) is 4.79 Å². The molecule has 1 N–H and O–H groups in total. The highest BCUT2D eigenvalue weighted by atomic mass is 79.9. The average molecular weight is 339 g/mol. The standard InChI is InChI=1S/C15H13BrClNO/c1-10(11-5-7-14(17)8-6-11)18-15(19)12-3-2-4-13(16)9-12/h2-10H,1H3,(H,18,19)/t10-/m0/s1. The highest BCUT2D eigenvalue weighted by molar-refractivity contribution is 9.10. The molecule has 2 aromatic carbocycles. The van der Waals surface area contributed by atoms with E-state index in [0.717, 1.165) is 10.0 Å². The first kappa shape index (κ1) is 14.1. The molecule has 0 aliphatic heterocycles. The summed E-state index contributed by atoms with van der Waals surface area (Å²) in [6, 6.07) is 14.7. The summed E-state index contributed by atoms with van der Waals surface area (Å²) in [6.07, 6.45) is 0. The Balaban J connectivity index is 2.08. The Morgan fingerprint density at radius 1 is 1.21 bits per heavy atom. The van der Waals surface area contributed by atoms with Crippen molar-refractivity contribution < 1.29 is 4.79 Å². The molecule has 4 heteroatoms. The summed E-state index contributed by atoms with van der Waals surface area (Å²) in [5, 5.41) is 3.65. The number of hydrogen-bond acceptors (Lipinski definition) is 1. The topological polar surface area (TPSA) is 29.1 Å². The van der Waals surface area contributed by atoms with Crippen LogP contribution in [0.1, 0.15) is 28.9 Å². The number of benzene rings is 2. The Labute approximate surface area is 125 Å². The second-order valence-corrected chi connectivity index (χ2v) is 5.61. The van der Waals surface area contributed by atoms with Gasteiger partial charge in [-0.05, 0) is 42.8 Å². The maximum absolute atomic E-state index is 12.1. The van der Waals surface area contributed by atoms with Gasteiger partial charge in [-0.1, -0.05) is 45.7 Å². The Morgan fingerprint density at radius 3 is 2.53 bits per heavy atom. The van der Waals surface area contributed by atoms with Crippen molar-refractivity contribution in [1.29, 1.82) is 0 Å². The van der Waals surface area contributed by atoms with E-state index in [0.29, 0.717) is 10.6 Å². The first-order valence-corrected chi connectivity index (χ1v) is 7.05. The lowest BCUT2D eigenvalue weighted by Gasteiger charge is -2.14. The molecule has 0 spiro atoms. The Hall–Kier alpha value is -1.32. The van der Waals surface area contributed by atoms with Gasteiger partial charge in [0.2, 0.25) is 0 Å². The summed E-state index contributed by atoms with van der Waals surface area (Å²) in [4.78, 5) is 12.1. The SMILES string of the molecule is C[C@H](NC(=O)c1cccc(Br)c1)c1ccc(Cl)cc1. The van der Waals surface area contributed by atoms with Gasteiger partial charge in [-0.2, -0.15) is 0 Å². The predicted molar refractivity (Wildman–Crippen MR) is 81.5 cm³/mol. The molecule has 2 rings (SSSR count). The Kier molecular flexibility index (Phi) is 4.61. The summed E-state index contributed by atoms with van der Waals surface area (Å²) in [5.74, 6) is -0.0937. The van der Waals surface area contributed by atoms with E-state index < -0.39 is 0 Å². The highest BCUT2D eigenvalue weighted by Crippen LogP contribution is 2.17. The van der Waals surface area contributed by atoms with Crippen LogP contribution in [0.15, 0.2) is 53.0 Å². The molecule has 2 nitrogen and oxygen atoms in total. The molecule has 1 atom stereocenters. The van der Waals surface area contributed by atoms with Crippen molar-refractivity contribution in [3.8, 4) is 0 Å². The molecule has 0 saturated carbocycles. The molecule has 0 radical (unpaired) electrons. The lowest BCUT2D eigenvalue weighted by molar-refractivity contribution is 0.0940. The Bertz CT molecular complexity index is 583. The van der Waals surface area contributed by atoms with Crippen LogP contribution in [0.2, 0.25) is 5.02 Å². The van der Waals surface area contributed by atoms with Crippen LogP contribution in [0, 0.1) is 0 Å². The predicted octanol–water partition coefficient (Wildman–Crippen LogP) is 4.59. The molecule has 0 saturated heterocycles. The average Bonchev–Trinajstić information content (AvgIpc) is 2.39. The smallest absolute Gasteiger partial charge is 0.251 e. The largest absolute Gasteiger partial charge is 0.346 e. The number of nitrogens with one attached hydrogen (secondary N) is 1. The third kappa shape index (κ3) is 3.82. The molecular formula is C15H13BrClNO. The maximum Gasteiger partial charge on any atom is 0.251 e. The molecule has 0 aliphatic carbocycles. The van der Waals surface area contributed by atoms with Crippen molar-refractivity contribution in [2.75, 3.05) is 0 Å². The van der Waals surface area contributed by atoms with Gasteiger partial charge in [0.05, 0.1) is 6.04 Å². The Morgan fingerprint density at radius 2 is 1.89 bits per heavy atom. The van der Waals surface area contributed by atoms with Crippen molar-refractivity contribution in [1.82, 2.24) is 5.32 Å². The number of carbonyl (C=O) groups excluding carboxylic acids is 1. The number of hydrogen-bond donors (Lipinski definition) is 1. The first-order chi connectivity index (χ1) is 9.06. The summed E-state index contributed by atoms with van der Waals surface area (Å²) in [7, 11) is 0. The van der Waals surface area contributed by atoms with E-state index in [1.807, 2.05) is 43.3 Å². The third-order valence-electron chi connectivity index (χ3n) is 2.80. The minimum Gasteiger partial charge on any atom is -0.346 e. The van der Waals surface area contributed by atoms with Crippen molar-refractivity contribution >= 4 is 33.4 Å². The van der Waals surface area contributed by atoms with E-state index in [9.17, 15) is 4.79 Å². The zero-order valence-corrected chi connectivity index (χ0v) is 12.7. The maximum atomic E-state index is 12.1. The van der Waals surface area contributed by atoms with Crippen LogP contribution < -0.4 is 5.32 Å². The summed E-state index contributed by atoms with van der Waals surface area (Å²) < 4.78 is 0.888. The van der Waals surface area contributed by atoms with Gasteiger partial charge < -0.3 is 5.32 Å². The van der Waals surface area contributed by atoms with Crippen LogP contribution >= 0.6 is 27.5 Å².